The molecule has 1 aromatic rings. The number of allylic oxidation sites excluding steroid dienone is 1. The summed E-state index contributed by atoms with van der Waals surface area (Å²) in [7, 11) is 3.18. The molecule has 0 bridgehead atoms. The number of carbonyl (C=O) groups excluding carboxylic acids is 1. The number of ether oxygens (including phenoxy) is 2. The summed E-state index contributed by atoms with van der Waals surface area (Å²) < 4.78 is 10.5. The summed E-state index contributed by atoms with van der Waals surface area (Å²) in [4.78, 5) is 11.9. The highest BCUT2D eigenvalue weighted by Gasteiger charge is 2.12. The van der Waals surface area contributed by atoms with Crippen LogP contribution >= 0.6 is 0 Å². The third-order valence-corrected chi connectivity index (χ3v) is 3.60. The Kier molecular flexibility index (Phi) is 6.76. The Hall–Kier alpha value is -2.17. The largest absolute Gasteiger partial charge is 0.493 e. The number of rotatable bonds is 6. The number of hydrogen-bond acceptors (Lipinski definition) is 3. The molecule has 0 radical (unpaired) electrons. The van der Waals surface area contributed by atoms with E-state index in [9.17, 15) is 4.79 Å². The molecule has 5 nitrogen and oxygen atoms in total. The zero-order chi connectivity index (χ0) is 16.7. The zero-order valence-electron chi connectivity index (χ0n) is 14.2. The highest BCUT2D eigenvalue weighted by atomic mass is 16.5. The Labute approximate surface area is 132 Å². The fraction of sp³-hybridized carbons (Fsp3) is 0.471. The van der Waals surface area contributed by atoms with Crippen LogP contribution < -0.4 is 20.1 Å². The van der Waals surface area contributed by atoms with Crippen molar-refractivity contribution in [3.05, 3.63) is 35.5 Å². The minimum Gasteiger partial charge on any atom is -0.493 e. The Morgan fingerprint density at radius 2 is 1.77 bits per heavy atom. The molecule has 0 saturated carbocycles. The summed E-state index contributed by atoms with van der Waals surface area (Å²) in [5.74, 6) is 1.71. The van der Waals surface area contributed by atoms with Crippen molar-refractivity contribution in [3.63, 3.8) is 0 Å². The monoisotopic (exact) mass is 306 g/mol. The first-order valence-corrected chi connectivity index (χ1v) is 7.34. The number of nitrogens with one attached hydrogen (secondary N) is 2. The van der Waals surface area contributed by atoms with E-state index in [4.69, 9.17) is 9.47 Å². The molecule has 122 valence electrons. The molecule has 0 aliphatic heterocycles. The van der Waals surface area contributed by atoms with Crippen molar-refractivity contribution in [1.29, 1.82) is 0 Å². The number of carbonyl (C=O) groups is 1. The molecule has 2 amide bonds. The normalized spacial score (nSPS) is 12.8. The summed E-state index contributed by atoms with van der Waals surface area (Å²) in [5, 5.41) is 5.64. The lowest BCUT2D eigenvalue weighted by Gasteiger charge is -2.16. The van der Waals surface area contributed by atoms with Gasteiger partial charge in [-0.2, -0.15) is 0 Å². The predicted molar refractivity (Wildman–Crippen MR) is 88.2 cm³/mol. The van der Waals surface area contributed by atoms with Gasteiger partial charge in [-0.25, -0.2) is 4.79 Å². The van der Waals surface area contributed by atoms with Crippen LogP contribution in [0.25, 0.3) is 0 Å². The van der Waals surface area contributed by atoms with E-state index in [1.807, 2.05) is 32.0 Å². The summed E-state index contributed by atoms with van der Waals surface area (Å²) in [6.45, 7) is 8.07. The molecule has 5 heteroatoms. The quantitative estimate of drug-likeness (QED) is 0.844. The second-order valence-corrected chi connectivity index (χ2v) is 5.50. The molecular formula is C17H26N2O3. The smallest absolute Gasteiger partial charge is 0.319 e. The highest BCUT2D eigenvalue weighted by molar-refractivity contribution is 5.75. The summed E-state index contributed by atoms with van der Waals surface area (Å²) in [6, 6.07) is 5.21. The molecule has 1 aromatic carbocycles. The number of amides is 2. The van der Waals surface area contributed by atoms with Gasteiger partial charge < -0.3 is 20.1 Å². The molecule has 1 atom stereocenters. The molecule has 0 aromatic heterocycles. The van der Waals surface area contributed by atoms with Crippen molar-refractivity contribution < 1.29 is 14.3 Å². The van der Waals surface area contributed by atoms with E-state index in [0.717, 1.165) is 11.1 Å². The summed E-state index contributed by atoms with van der Waals surface area (Å²) in [5.41, 5.74) is 2.06. The second-order valence-electron chi connectivity index (χ2n) is 5.50. The van der Waals surface area contributed by atoms with Gasteiger partial charge in [0, 0.05) is 6.20 Å². The Morgan fingerprint density at radius 3 is 2.32 bits per heavy atom. The standard InChI is InChI=1S/C17H26N2O3/c1-11(2)12(3)10-18-17(20)19-13(4)14-7-8-15(21-5)16(9-14)22-6/h7-11,13H,1-6H3,(H2,18,19,20)/b12-10+. The second kappa shape index (κ2) is 8.32. The topological polar surface area (TPSA) is 59.6 Å². The van der Waals surface area contributed by atoms with Crippen LogP contribution in [0.4, 0.5) is 4.79 Å². The van der Waals surface area contributed by atoms with E-state index >= 15 is 0 Å². The predicted octanol–water partition coefficient (Wildman–Crippen LogP) is 3.62. The van der Waals surface area contributed by atoms with Gasteiger partial charge >= 0.3 is 6.03 Å². The number of methoxy groups -OCH3 is 2. The molecule has 0 aliphatic carbocycles. The molecule has 0 fully saturated rings. The van der Waals surface area contributed by atoms with E-state index in [-0.39, 0.29) is 12.1 Å². The van der Waals surface area contributed by atoms with Gasteiger partial charge in [0.25, 0.3) is 0 Å². The van der Waals surface area contributed by atoms with Gasteiger partial charge in [-0.15, -0.1) is 0 Å². The van der Waals surface area contributed by atoms with Gasteiger partial charge in [0.15, 0.2) is 11.5 Å². The number of urea groups is 1. The maximum atomic E-state index is 11.9. The molecule has 0 aliphatic rings. The Morgan fingerprint density at radius 1 is 1.14 bits per heavy atom. The minimum absolute atomic E-state index is 0.146. The van der Waals surface area contributed by atoms with Crippen LogP contribution in [0, 0.1) is 5.92 Å². The van der Waals surface area contributed by atoms with E-state index < -0.39 is 0 Å². The lowest BCUT2D eigenvalue weighted by atomic mass is 10.1. The van der Waals surface area contributed by atoms with Crippen LogP contribution in [0.15, 0.2) is 30.0 Å². The third kappa shape index (κ3) is 4.98. The van der Waals surface area contributed by atoms with Crippen molar-refractivity contribution in [2.24, 2.45) is 5.92 Å². The average Bonchev–Trinajstić information content (AvgIpc) is 2.51. The van der Waals surface area contributed by atoms with Gasteiger partial charge in [0.1, 0.15) is 0 Å². The lowest BCUT2D eigenvalue weighted by molar-refractivity contribution is 0.241. The van der Waals surface area contributed by atoms with Gasteiger partial charge in [-0.1, -0.05) is 25.5 Å². The van der Waals surface area contributed by atoms with Crippen LogP contribution in [-0.2, 0) is 0 Å². The lowest BCUT2D eigenvalue weighted by Crippen LogP contribution is -2.34. The van der Waals surface area contributed by atoms with E-state index in [1.54, 1.807) is 20.4 Å². The molecule has 1 rings (SSSR count). The maximum Gasteiger partial charge on any atom is 0.319 e. The third-order valence-electron chi connectivity index (χ3n) is 3.60. The molecule has 0 saturated heterocycles. The van der Waals surface area contributed by atoms with Crippen LogP contribution in [0.1, 0.15) is 39.3 Å². The van der Waals surface area contributed by atoms with Crippen LogP contribution in [-0.4, -0.2) is 20.3 Å². The Balaban J connectivity index is 2.70. The number of hydrogen-bond donors (Lipinski definition) is 2. The summed E-state index contributed by atoms with van der Waals surface area (Å²) >= 11 is 0. The van der Waals surface area contributed by atoms with Crippen LogP contribution in [0.5, 0.6) is 11.5 Å². The van der Waals surface area contributed by atoms with Gasteiger partial charge in [-0.05, 0) is 37.5 Å². The minimum atomic E-state index is -0.234. The first-order chi connectivity index (χ1) is 10.4. The van der Waals surface area contributed by atoms with Crippen molar-refractivity contribution in [1.82, 2.24) is 10.6 Å². The zero-order valence-corrected chi connectivity index (χ0v) is 14.2. The molecular weight excluding hydrogens is 280 g/mol. The van der Waals surface area contributed by atoms with E-state index in [0.29, 0.717) is 17.4 Å². The number of benzene rings is 1. The molecule has 22 heavy (non-hydrogen) atoms. The SMILES string of the molecule is COc1ccc(C(C)NC(=O)N/C=C(\C)C(C)C)cc1OC. The Bertz CT molecular complexity index is 539. The molecule has 2 N–H and O–H groups in total. The van der Waals surface area contributed by atoms with Crippen molar-refractivity contribution in [2.75, 3.05) is 14.2 Å². The van der Waals surface area contributed by atoms with E-state index in [1.165, 1.54) is 0 Å². The van der Waals surface area contributed by atoms with Crippen molar-refractivity contribution in [2.45, 2.75) is 33.7 Å². The molecule has 1 unspecified atom stereocenters. The fourth-order valence-corrected chi connectivity index (χ4v) is 1.79. The van der Waals surface area contributed by atoms with Crippen molar-refractivity contribution >= 4 is 6.03 Å². The first-order valence-electron chi connectivity index (χ1n) is 7.34. The summed E-state index contributed by atoms with van der Waals surface area (Å²) in [6.07, 6.45) is 1.74. The van der Waals surface area contributed by atoms with Gasteiger partial charge in [-0.3, -0.25) is 0 Å². The highest BCUT2D eigenvalue weighted by Crippen LogP contribution is 2.29. The molecule has 0 spiro atoms. The first kappa shape index (κ1) is 17.9. The maximum absolute atomic E-state index is 11.9. The van der Waals surface area contributed by atoms with Crippen molar-refractivity contribution in [3.8, 4) is 11.5 Å². The average molecular weight is 306 g/mol. The molecule has 0 heterocycles. The van der Waals surface area contributed by atoms with E-state index in [2.05, 4.69) is 24.5 Å². The van der Waals surface area contributed by atoms with Crippen LogP contribution in [0.3, 0.4) is 0 Å². The van der Waals surface area contributed by atoms with Crippen LogP contribution in [0.2, 0.25) is 0 Å². The van der Waals surface area contributed by atoms with Gasteiger partial charge in [0.05, 0.1) is 20.3 Å². The van der Waals surface area contributed by atoms with Gasteiger partial charge in [0.2, 0.25) is 0 Å². The fourth-order valence-electron chi connectivity index (χ4n) is 1.79.